The van der Waals surface area contributed by atoms with Crippen LogP contribution in [-0.4, -0.2) is 31.6 Å². The molecular weight excluding hydrogens is 268 g/mol. The second-order valence-corrected chi connectivity index (χ2v) is 7.56. The van der Waals surface area contributed by atoms with E-state index in [1.54, 1.807) is 7.05 Å². The van der Waals surface area contributed by atoms with Gasteiger partial charge in [0.1, 0.15) is 0 Å². The molecule has 0 spiro atoms. The zero-order chi connectivity index (χ0) is 13.2. The van der Waals surface area contributed by atoms with E-state index in [0.29, 0.717) is 13.1 Å². The van der Waals surface area contributed by atoms with Crippen LogP contribution in [-0.2, 0) is 16.6 Å². The summed E-state index contributed by atoms with van der Waals surface area (Å²) in [4.78, 5) is 0.924. The van der Waals surface area contributed by atoms with Gasteiger partial charge in [0.05, 0.1) is 16.7 Å². The van der Waals surface area contributed by atoms with E-state index >= 15 is 0 Å². The largest absolute Gasteiger partial charge is 0.320 e. The van der Waals surface area contributed by atoms with Gasteiger partial charge < -0.3 is 5.73 Å². The molecule has 1 aliphatic rings. The van der Waals surface area contributed by atoms with Gasteiger partial charge >= 0.3 is 0 Å². The van der Waals surface area contributed by atoms with Crippen LogP contribution < -0.4 is 5.73 Å². The second-order valence-electron chi connectivity index (χ2n) is 4.33. The summed E-state index contributed by atoms with van der Waals surface area (Å²) >= 11 is 1.52. The maximum Gasteiger partial charge on any atom is 0.217 e. The summed E-state index contributed by atoms with van der Waals surface area (Å²) in [5.41, 5.74) is 6.28. The van der Waals surface area contributed by atoms with E-state index < -0.39 is 10.0 Å². The summed E-state index contributed by atoms with van der Waals surface area (Å²) in [5.74, 6) is 5.73. The summed E-state index contributed by atoms with van der Waals surface area (Å²) in [6.07, 6.45) is 1.59. The fourth-order valence-electron chi connectivity index (χ4n) is 1.63. The first kappa shape index (κ1) is 13.6. The molecule has 6 heteroatoms. The number of sulfonamides is 1. The van der Waals surface area contributed by atoms with Crippen molar-refractivity contribution in [3.8, 4) is 11.8 Å². The Balaban J connectivity index is 2.03. The summed E-state index contributed by atoms with van der Waals surface area (Å²) < 4.78 is 25.4. The van der Waals surface area contributed by atoms with Gasteiger partial charge in [0.2, 0.25) is 10.0 Å². The van der Waals surface area contributed by atoms with Crippen LogP contribution in [0.3, 0.4) is 0 Å². The third-order valence-electron chi connectivity index (χ3n) is 2.75. The average molecular weight is 284 g/mol. The lowest BCUT2D eigenvalue weighted by atomic mass is 10.3. The molecule has 0 aromatic carbocycles. The Labute approximate surface area is 112 Å². The molecule has 0 unspecified atom stereocenters. The maximum atomic E-state index is 12.0. The molecule has 18 heavy (non-hydrogen) atoms. The summed E-state index contributed by atoms with van der Waals surface area (Å²) in [7, 11) is -1.45. The standard InChI is InChI=1S/C12H16N2O2S2/c1-14(18(15,16)12-4-5-12)8-10-7-11(17-9-10)3-2-6-13/h7,9,12H,4-6,8,13H2,1H3. The zero-order valence-electron chi connectivity index (χ0n) is 10.2. The van der Waals surface area contributed by atoms with Gasteiger partial charge in [-0.05, 0) is 29.9 Å². The van der Waals surface area contributed by atoms with Gasteiger partial charge in [0.15, 0.2) is 0 Å². The fraction of sp³-hybridized carbons (Fsp3) is 0.500. The number of rotatable bonds is 4. The van der Waals surface area contributed by atoms with Crippen LogP contribution >= 0.6 is 11.3 Å². The third-order valence-corrected chi connectivity index (χ3v) is 5.96. The smallest absolute Gasteiger partial charge is 0.217 e. The van der Waals surface area contributed by atoms with Gasteiger partial charge in [0.25, 0.3) is 0 Å². The molecule has 2 N–H and O–H groups in total. The highest BCUT2D eigenvalue weighted by Crippen LogP contribution is 2.31. The molecule has 1 fully saturated rings. The highest BCUT2D eigenvalue weighted by molar-refractivity contribution is 7.90. The molecule has 0 amide bonds. The van der Waals surface area contributed by atoms with Gasteiger partial charge in [-0.25, -0.2) is 12.7 Å². The van der Waals surface area contributed by atoms with E-state index in [-0.39, 0.29) is 5.25 Å². The first-order valence-electron chi connectivity index (χ1n) is 5.75. The van der Waals surface area contributed by atoms with Crippen LogP contribution in [0, 0.1) is 11.8 Å². The minimum atomic E-state index is -3.09. The molecule has 4 nitrogen and oxygen atoms in total. The van der Waals surface area contributed by atoms with Crippen molar-refractivity contribution in [2.45, 2.75) is 24.6 Å². The molecule has 1 aromatic rings. The van der Waals surface area contributed by atoms with Crippen molar-refractivity contribution < 1.29 is 8.42 Å². The van der Waals surface area contributed by atoms with Gasteiger partial charge in [-0.1, -0.05) is 11.8 Å². The van der Waals surface area contributed by atoms with Gasteiger partial charge in [-0.15, -0.1) is 11.3 Å². The van der Waals surface area contributed by atoms with Crippen molar-refractivity contribution in [1.29, 1.82) is 0 Å². The van der Waals surface area contributed by atoms with Crippen molar-refractivity contribution >= 4 is 21.4 Å². The Morgan fingerprint density at radius 3 is 2.89 bits per heavy atom. The predicted molar refractivity (Wildman–Crippen MR) is 73.7 cm³/mol. The third kappa shape index (κ3) is 3.12. The molecule has 1 heterocycles. The lowest BCUT2D eigenvalue weighted by molar-refractivity contribution is 0.466. The van der Waals surface area contributed by atoms with Crippen LogP contribution in [0.15, 0.2) is 11.4 Å². The van der Waals surface area contributed by atoms with Gasteiger partial charge in [0, 0.05) is 13.6 Å². The van der Waals surface area contributed by atoms with Crippen molar-refractivity contribution in [1.82, 2.24) is 4.31 Å². The highest BCUT2D eigenvalue weighted by Gasteiger charge is 2.38. The van der Waals surface area contributed by atoms with E-state index in [9.17, 15) is 8.42 Å². The normalized spacial score (nSPS) is 15.5. The lowest BCUT2D eigenvalue weighted by Crippen LogP contribution is -2.29. The summed E-state index contributed by atoms with van der Waals surface area (Å²) in [6, 6.07) is 1.92. The maximum absolute atomic E-state index is 12.0. The average Bonchev–Trinajstić information content (AvgIpc) is 3.10. The molecule has 1 aromatic heterocycles. The molecule has 0 atom stereocenters. The number of thiophene rings is 1. The monoisotopic (exact) mass is 284 g/mol. The van der Waals surface area contributed by atoms with E-state index in [4.69, 9.17) is 5.73 Å². The fourth-order valence-corrected chi connectivity index (χ4v) is 3.97. The molecule has 98 valence electrons. The molecule has 2 rings (SSSR count). The minimum Gasteiger partial charge on any atom is -0.320 e. The van der Waals surface area contributed by atoms with Crippen LogP contribution in [0.2, 0.25) is 0 Å². The van der Waals surface area contributed by atoms with E-state index in [0.717, 1.165) is 23.3 Å². The number of hydrogen-bond acceptors (Lipinski definition) is 4. The second kappa shape index (κ2) is 5.41. The van der Waals surface area contributed by atoms with Crippen molar-refractivity contribution in [2.24, 2.45) is 5.73 Å². The van der Waals surface area contributed by atoms with Crippen molar-refractivity contribution in [3.63, 3.8) is 0 Å². The first-order chi connectivity index (χ1) is 8.54. The number of nitrogens with zero attached hydrogens (tertiary/aromatic N) is 1. The first-order valence-corrected chi connectivity index (χ1v) is 8.14. The molecular formula is C12H16N2O2S2. The molecule has 1 aliphatic carbocycles. The highest BCUT2D eigenvalue weighted by atomic mass is 32.2. The SMILES string of the molecule is CN(Cc1csc(C#CCN)c1)S(=O)(=O)C1CC1. The summed E-state index contributed by atoms with van der Waals surface area (Å²) in [6.45, 7) is 0.753. The summed E-state index contributed by atoms with van der Waals surface area (Å²) in [5, 5.41) is 1.79. The zero-order valence-corrected chi connectivity index (χ0v) is 11.9. The van der Waals surface area contributed by atoms with Crippen molar-refractivity contribution in [3.05, 3.63) is 21.9 Å². The van der Waals surface area contributed by atoms with Crippen molar-refractivity contribution in [2.75, 3.05) is 13.6 Å². The molecule has 0 bridgehead atoms. The minimum absolute atomic E-state index is 0.155. The van der Waals surface area contributed by atoms with E-state index in [2.05, 4.69) is 11.8 Å². The molecule has 0 saturated heterocycles. The topological polar surface area (TPSA) is 63.4 Å². The Morgan fingerprint density at radius 1 is 1.56 bits per heavy atom. The Kier molecular flexibility index (Phi) is 4.07. The van der Waals surface area contributed by atoms with Crippen LogP contribution in [0.25, 0.3) is 0 Å². The van der Waals surface area contributed by atoms with E-state index in [1.165, 1.54) is 15.6 Å². The number of nitrogens with two attached hydrogens (primary N) is 1. The van der Waals surface area contributed by atoms with Crippen LogP contribution in [0.1, 0.15) is 23.3 Å². The Bertz CT molecular complexity index is 577. The lowest BCUT2D eigenvalue weighted by Gasteiger charge is -2.15. The van der Waals surface area contributed by atoms with Gasteiger partial charge in [-0.2, -0.15) is 0 Å². The molecule has 0 radical (unpaired) electrons. The van der Waals surface area contributed by atoms with Crippen LogP contribution in [0.4, 0.5) is 0 Å². The Morgan fingerprint density at radius 2 is 2.28 bits per heavy atom. The molecule has 0 aliphatic heterocycles. The van der Waals surface area contributed by atoms with Gasteiger partial charge in [-0.3, -0.25) is 0 Å². The molecule has 1 saturated carbocycles. The number of hydrogen-bond donors (Lipinski definition) is 1. The predicted octanol–water partition coefficient (Wildman–Crippen LogP) is 0.982. The quantitative estimate of drug-likeness (QED) is 0.838. The van der Waals surface area contributed by atoms with Crippen LogP contribution in [0.5, 0.6) is 0 Å². The van der Waals surface area contributed by atoms with E-state index in [1.807, 2.05) is 11.4 Å². The Hall–Kier alpha value is -0.870.